The van der Waals surface area contributed by atoms with E-state index < -0.39 is 0 Å². The zero-order valence-corrected chi connectivity index (χ0v) is 10.0. The molecule has 4 heteroatoms. The van der Waals surface area contributed by atoms with Crippen LogP contribution in [-0.2, 0) is 0 Å². The highest BCUT2D eigenvalue weighted by Gasteiger charge is 2.14. The predicted molar refractivity (Wildman–Crippen MR) is 67.1 cm³/mol. The number of nitrogens with zero attached hydrogens (tertiary/aromatic N) is 2. The number of hydrogen-bond acceptors (Lipinski definition) is 4. The highest BCUT2D eigenvalue weighted by molar-refractivity contribution is 5.33. The minimum absolute atomic E-state index is 0.0724. The summed E-state index contributed by atoms with van der Waals surface area (Å²) in [5.41, 5.74) is 7.07. The molecule has 2 rings (SSSR count). The third-order valence-electron chi connectivity index (χ3n) is 2.82. The van der Waals surface area contributed by atoms with Gasteiger partial charge >= 0.3 is 0 Å². The van der Waals surface area contributed by atoms with E-state index in [4.69, 9.17) is 5.84 Å². The Labute approximate surface area is 101 Å². The van der Waals surface area contributed by atoms with Crippen molar-refractivity contribution < 1.29 is 0 Å². The molecule has 0 aromatic carbocycles. The smallest absolute Gasteiger partial charge is 0.0742 e. The van der Waals surface area contributed by atoms with E-state index in [1.54, 1.807) is 6.20 Å². The maximum absolute atomic E-state index is 5.64. The van der Waals surface area contributed by atoms with Crippen LogP contribution in [0.1, 0.15) is 28.4 Å². The summed E-state index contributed by atoms with van der Waals surface area (Å²) in [7, 11) is 0. The minimum atomic E-state index is -0.0724. The third-order valence-corrected chi connectivity index (χ3v) is 2.82. The number of hydrazine groups is 1. The Hall–Kier alpha value is -1.78. The number of nitrogens with one attached hydrogen (secondary N) is 1. The molecule has 0 radical (unpaired) electrons. The molecule has 0 bridgehead atoms. The van der Waals surface area contributed by atoms with Crippen LogP contribution < -0.4 is 11.3 Å². The normalized spacial score (nSPS) is 12.4. The van der Waals surface area contributed by atoms with Crippen molar-refractivity contribution in [3.05, 3.63) is 59.2 Å². The van der Waals surface area contributed by atoms with E-state index in [0.29, 0.717) is 0 Å². The van der Waals surface area contributed by atoms with Crippen molar-refractivity contribution in [3.8, 4) is 0 Å². The van der Waals surface area contributed by atoms with E-state index in [9.17, 15) is 0 Å². The van der Waals surface area contributed by atoms with Crippen molar-refractivity contribution in [1.82, 2.24) is 15.4 Å². The Morgan fingerprint density at radius 1 is 1.18 bits per heavy atom. The fourth-order valence-electron chi connectivity index (χ4n) is 1.79. The van der Waals surface area contributed by atoms with Crippen molar-refractivity contribution >= 4 is 0 Å². The molecule has 4 nitrogen and oxygen atoms in total. The van der Waals surface area contributed by atoms with Gasteiger partial charge in [-0.2, -0.15) is 0 Å². The monoisotopic (exact) mass is 228 g/mol. The molecule has 0 fully saturated rings. The first-order valence-electron chi connectivity index (χ1n) is 5.51. The lowest BCUT2D eigenvalue weighted by molar-refractivity contribution is 0.629. The van der Waals surface area contributed by atoms with Gasteiger partial charge in [0.1, 0.15) is 0 Å². The van der Waals surface area contributed by atoms with Gasteiger partial charge in [0.05, 0.1) is 6.04 Å². The molecule has 0 aliphatic carbocycles. The topological polar surface area (TPSA) is 63.8 Å². The lowest BCUT2D eigenvalue weighted by Gasteiger charge is -2.18. The van der Waals surface area contributed by atoms with Crippen molar-refractivity contribution in [1.29, 1.82) is 0 Å². The van der Waals surface area contributed by atoms with Crippen LogP contribution >= 0.6 is 0 Å². The number of hydrogen-bond donors (Lipinski definition) is 2. The fourth-order valence-corrected chi connectivity index (χ4v) is 1.79. The van der Waals surface area contributed by atoms with Gasteiger partial charge in [0.15, 0.2) is 0 Å². The molecule has 0 saturated heterocycles. The number of nitrogens with two attached hydrogens (primary N) is 1. The molecule has 0 spiro atoms. The van der Waals surface area contributed by atoms with Crippen LogP contribution in [0.5, 0.6) is 0 Å². The Balaban J connectivity index is 2.40. The highest BCUT2D eigenvalue weighted by Crippen LogP contribution is 2.22. The van der Waals surface area contributed by atoms with Crippen LogP contribution in [0.4, 0.5) is 0 Å². The van der Waals surface area contributed by atoms with E-state index in [2.05, 4.69) is 15.4 Å². The lowest BCUT2D eigenvalue weighted by Crippen LogP contribution is -2.29. The van der Waals surface area contributed by atoms with Gasteiger partial charge < -0.3 is 0 Å². The SMILES string of the molecule is Cc1ccc(C(NN)c2cnccc2C)cn1. The number of aryl methyl sites for hydroxylation is 2. The summed E-state index contributed by atoms with van der Waals surface area (Å²) in [5, 5.41) is 0. The summed E-state index contributed by atoms with van der Waals surface area (Å²) in [6, 6.07) is 5.91. The van der Waals surface area contributed by atoms with Crippen LogP contribution in [0.15, 0.2) is 36.8 Å². The van der Waals surface area contributed by atoms with E-state index in [1.165, 1.54) is 0 Å². The van der Waals surface area contributed by atoms with Gasteiger partial charge in [-0.3, -0.25) is 15.8 Å². The number of rotatable bonds is 3. The van der Waals surface area contributed by atoms with Crippen LogP contribution in [0.2, 0.25) is 0 Å². The standard InChI is InChI=1S/C13H16N4/c1-9-5-6-15-8-12(9)13(17-14)11-4-3-10(2)16-7-11/h3-8,13,17H,14H2,1-2H3. The predicted octanol–water partition coefficient (Wildman–Crippen LogP) is 1.65. The Bertz CT molecular complexity index is 493. The number of pyridine rings is 2. The summed E-state index contributed by atoms with van der Waals surface area (Å²) in [5.74, 6) is 5.64. The summed E-state index contributed by atoms with van der Waals surface area (Å²) in [6.07, 6.45) is 5.45. The molecule has 88 valence electrons. The third kappa shape index (κ3) is 2.49. The zero-order valence-electron chi connectivity index (χ0n) is 10.0. The van der Waals surface area contributed by atoms with Gasteiger partial charge in [0, 0.05) is 24.3 Å². The fraction of sp³-hybridized carbons (Fsp3) is 0.231. The van der Waals surface area contributed by atoms with E-state index >= 15 is 0 Å². The maximum atomic E-state index is 5.64. The Morgan fingerprint density at radius 2 is 2.00 bits per heavy atom. The first-order chi connectivity index (χ1) is 8.22. The van der Waals surface area contributed by atoms with Gasteiger partial charge in [-0.25, -0.2) is 5.43 Å². The summed E-state index contributed by atoms with van der Waals surface area (Å²) in [4.78, 5) is 8.43. The molecule has 2 aromatic rings. The molecule has 1 unspecified atom stereocenters. The molecule has 0 amide bonds. The van der Waals surface area contributed by atoms with Crippen LogP contribution in [0.3, 0.4) is 0 Å². The van der Waals surface area contributed by atoms with E-state index in [1.807, 2.05) is 44.4 Å². The Kier molecular flexibility index (Phi) is 3.46. The second kappa shape index (κ2) is 5.03. The first-order valence-corrected chi connectivity index (χ1v) is 5.51. The summed E-state index contributed by atoms with van der Waals surface area (Å²) >= 11 is 0. The molecule has 0 aliphatic rings. The van der Waals surface area contributed by atoms with Gasteiger partial charge in [0.2, 0.25) is 0 Å². The van der Waals surface area contributed by atoms with E-state index in [-0.39, 0.29) is 6.04 Å². The van der Waals surface area contributed by atoms with E-state index in [0.717, 1.165) is 22.4 Å². The first kappa shape index (κ1) is 11.7. The summed E-state index contributed by atoms with van der Waals surface area (Å²) < 4.78 is 0. The zero-order chi connectivity index (χ0) is 12.3. The van der Waals surface area contributed by atoms with Gasteiger partial charge in [-0.1, -0.05) is 6.07 Å². The average molecular weight is 228 g/mol. The molecule has 1 atom stereocenters. The van der Waals surface area contributed by atoms with Crippen LogP contribution in [-0.4, -0.2) is 9.97 Å². The highest BCUT2D eigenvalue weighted by atomic mass is 15.2. The molecule has 2 aromatic heterocycles. The van der Waals surface area contributed by atoms with Crippen LogP contribution in [0, 0.1) is 13.8 Å². The summed E-state index contributed by atoms with van der Waals surface area (Å²) in [6.45, 7) is 4.01. The molecule has 0 aliphatic heterocycles. The largest absolute Gasteiger partial charge is 0.271 e. The molecular formula is C13H16N4. The van der Waals surface area contributed by atoms with Crippen molar-refractivity contribution in [3.63, 3.8) is 0 Å². The molecule has 2 heterocycles. The van der Waals surface area contributed by atoms with Crippen molar-refractivity contribution in [2.75, 3.05) is 0 Å². The second-order valence-corrected chi connectivity index (χ2v) is 4.06. The van der Waals surface area contributed by atoms with Crippen molar-refractivity contribution in [2.45, 2.75) is 19.9 Å². The number of aromatic nitrogens is 2. The van der Waals surface area contributed by atoms with Gasteiger partial charge in [-0.15, -0.1) is 0 Å². The lowest BCUT2D eigenvalue weighted by atomic mass is 9.98. The molecule has 3 N–H and O–H groups in total. The second-order valence-electron chi connectivity index (χ2n) is 4.06. The van der Waals surface area contributed by atoms with Crippen molar-refractivity contribution in [2.24, 2.45) is 5.84 Å². The molecular weight excluding hydrogens is 212 g/mol. The minimum Gasteiger partial charge on any atom is -0.271 e. The molecule has 0 saturated carbocycles. The maximum Gasteiger partial charge on any atom is 0.0742 e. The van der Waals surface area contributed by atoms with Crippen LogP contribution in [0.25, 0.3) is 0 Å². The molecule has 17 heavy (non-hydrogen) atoms. The Morgan fingerprint density at radius 3 is 2.59 bits per heavy atom. The van der Waals surface area contributed by atoms with Gasteiger partial charge in [-0.05, 0) is 42.7 Å². The quantitative estimate of drug-likeness (QED) is 0.619. The van der Waals surface area contributed by atoms with Gasteiger partial charge in [0.25, 0.3) is 0 Å². The average Bonchev–Trinajstić information content (AvgIpc) is 2.35.